The minimum atomic E-state index is -0.300. The molecule has 0 radical (unpaired) electrons. The van der Waals surface area contributed by atoms with Crippen LogP contribution in [0.15, 0.2) is 42.5 Å². The maximum atomic E-state index is 12.7. The highest BCUT2D eigenvalue weighted by Gasteiger charge is 2.50. The van der Waals surface area contributed by atoms with E-state index in [9.17, 15) is 4.79 Å². The third-order valence-electron chi connectivity index (χ3n) is 6.13. The van der Waals surface area contributed by atoms with Crippen LogP contribution >= 0.6 is 0 Å². The molecule has 3 aliphatic heterocycles. The fourth-order valence-corrected chi connectivity index (χ4v) is 4.45. The Balaban J connectivity index is 1.18. The molecule has 2 fully saturated rings. The maximum Gasteiger partial charge on any atom is 0.251 e. The minimum absolute atomic E-state index is 0.192. The molecule has 11 heteroatoms. The van der Waals surface area contributed by atoms with Crippen molar-refractivity contribution in [2.24, 2.45) is 0 Å². The number of hydrogen-bond acceptors (Lipinski definition) is 9. The van der Waals surface area contributed by atoms with Crippen molar-refractivity contribution in [3.05, 3.63) is 48.0 Å². The first-order valence-corrected chi connectivity index (χ1v) is 10.6. The first-order valence-electron chi connectivity index (χ1n) is 10.6. The highest BCUT2D eigenvalue weighted by Crippen LogP contribution is 2.38. The molecule has 4 unspecified atom stereocenters. The van der Waals surface area contributed by atoms with Crippen molar-refractivity contribution in [2.75, 3.05) is 27.1 Å². The van der Waals surface area contributed by atoms with Crippen molar-refractivity contribution in [1.29, 1.82) is 0 Å². The number of methoxy groups -OCH3 is 1. The molecule has 4 heterocycles. The van der Waals surface area contributed by atoms with Gasteiger partial charge in [-0.1, -0.05) is 0 Å². The number of rotatable bonds is 5. The summed E-state index contributed by atoms with van der Waals surface area (Å²) >= 11 is 0. The van der Waals surface area contributed by atoms with Crippen LogP contribution in [0.4, 0.5) is 0 Å². The van der Waals surface area contributed by atoms with E-state index in [-0.39, 0.29) is 37.0 Å². The number of tetrazole rings is 1. The fourth-order valence-electron chi connectivity index (χ4n) is 4.45. The number of aromatic nitrogens is 4. The predicted molar refractivity (Wildman–Crippen MR) is 112 cm³/mol. The molecule has 0 aliphatic carbocycles. The molecule has 0 bridgehead atoms. The molecule has 33 heavy (non-hydrogen) atoms. The van der Waals surface area contributed by atoms with E-state index in [0.29, 0.717) is 41.9 Å². The van der Waals surface area contributed by atoms with E-state index in [0.717, 1.165) is 5.56 Å². The molecule has 2 saturated heterocycles. The third-order valence-corrected chi connectivity index (χ3v) is 6.13. The highest BCUT2D eigenvalue weighted by atomic mass is 16.7. The van der Waals surface area contributed by atoms with Crippen LogP contribution in [-0.4, -0.2) is 71.5 Å². The summed E-state index contributed by atoms with van der Waals surface area (Å²) in [6, 6.07) is 12.0. The van der Waals surface area contributed by atoms with E-state index < -0.39 is 0 Å². The van der Waals surface area contributed by atoms with Crippen LogP contribution in [0.25, 0.3) is 11.4 Å². The number of nitrogens with zero attached hydrogens (tertiary/aromatic N) is 4. The predicted octanol–water partition coefficient (Wildman–Crippen LogP) is 1.21. The standard InChI is InChI=1S/C22H21N5O6/c1-29-14-5-2-12(3-6-14)22(28)23-15-9-30-20-16(10-31-19(15)20)27-21(24-25-26-27)13-4-7-17-18(8-13)33-11-32-17/h2-8,15-16,19-20H,9-11H2,1H3,(H,23,28). The van der Waals surface area contributed by atoms with Crippen LogP contribution < -0.4 is 19.5 Å². The molecule has 6 rings (SSSR count). The zero-order chi connectivity index (χ0) is 22.4. The lowest BCUT2D eigenvalue weighted by Gasteiger charge is -2.18. The van der Waals surface area contributed by atoms with Crippen LogP contribution in [0, 0.1) is 0 Å². The summed E-state index contributed by atoms with van der Waals surface area (Å²) in [6.45, 7) is 0.906. The van der Waals surface area contributed by atoms with E-state index in [4.69, 9.17) is 23.7 Å². The largest absolute Gasteiger partial charge is 0.497 e. The molecule has 2 aromatic carbocycles. The van der Waals surface area contributed by atoms with E-state index in [1.807, 2.05) is 18.2 Å². The zero-order valence-electron chi connectivity index (χ0n) is 17.7. The van der Waals surface area contributed by atoms with Gasteiger partial charge in [0.05, 0.1) is 26.4 Å². The van der Waals surface area contributed by atoms with Crippen molar-refractivity contribution < 1.29 is 28.5 Å². The van der Waals surface area contributed by atoms with Crippen LogP contribution in [-0.2, 0) is 9.47 Å². The second kappa shape index (κ2) is 8.01. The normalized spacial score (nSPS) is 25.1. The van der Waals surface area contributed by atoms with E-state index in [2.05, 4.69) is 20.8 Å². The summed E-state index contributed by atoms with van der Waals surface area (Å²) in [6.07, 6.45) is -0.589. The molecule has 4 atom stereocenters. The smallest absolute Gasteiger partial charge is 0.251 e. The van der Waals surface area contributed by atoms with E-state index in [1.54, 1.807) is 36.1 Å². The Hall–Kier alpha value is -3.70. The molecule has 11 nitrogen and oxygen atoms in total. The minimum Gasteiger partial charge on any atom is -0.497 e. The summed E-state index contributed by atoms with van der Waals surface area (Å²) in [5, 5.41) is 15.3. The van der Waals surface area contributed by atoms with Gasteiger partial charge in [0.2, 0.25) is 6.79 Å². The molecule has 1 aromatic heterocycles. The van der Waals surface area contributed by atoms with Crippen LogP contribution in [0.5, 0.6) is 17.2 Å². The van der Waals surface area contributed by atoms with Gasteiger partial charge in [0.25, 0.3) is 5.91 Å². The third kappa shape index (κ3) is 3.45. The Morgan fingerprint density at radius 3 is 2.73 bits per heavy atom. The van der Waals surface area contributed by atoms with Gasteiger partial charge < -0.3 is 29.0 Å². The Labute approximate surface area is 188 Å². The Morgan fingerprint density at radius 2 is 1.88 bits per heavy atom. The average molecular weight is 451 g/mol. The summed E-state index contributed by atoms with van der Waals surface area (Å²) in [4.78, 5) is 12.7. The second-order valence-electron chi connectivity index (χ2n) is 7.99. The molecular weight excluding hydrogens is 430 g/mol. The number of benzene rings is 2. The Morgan fingerprint density at radius 1 is 1.06 bits per heavy atom. The highest BCUT2D eigenvalue weighted by molar-refractivity contribution is 5.94. The SMILES string of the molecule is COc1ccc(C(=O)NC2COC3C2OCC3n2nnnc2-c2ccc3c(c2)OCO3)cc1. The molecule has 170 valence electrons. The summed E-state index contributed by atoms with van der Waals surface area (Å²) in [5.41, 5.74) is 1.34. The van der Waals surface area contributed by atoms with Gasteiger partial charge in [-0.3, -0.25) is 4.79 Å². The van der Waals surface area contributed by atoms with Gasteiger partial charge in [0, 0.05) is 11.1 Å². The Kier molecular flexibility index (Phi) is 4.84. The first-order chi connectivity index (χ1) is 16.2. The molecule has 0 saturated carbocycles. The zero-order valence-corrected chi connectivity index (χ0v) is 17.7. The number of amides is 1. The van der Waals surface area contributed by atoms with E-state index in [1.165, 1.54) is 0 Å². The van der Waals surface area contributed by atoms with Crippen molar-refractivity contribution in [3.8, 4) is 28.6 Å². The lowest BCUT2D eigenvalue weighted by atomic mass is 10.1. The molecule has 1 amide bonds. The van der Waals surface area contributed by atoms with Gasteiger partial charge in [0.1, 0.15) is 24.0 Å². The van der Waals surface area contributed by atoms with Gasteiger partial charge in [0.15, 0.2) is 17.3 Å². The van der Waals surface area contributed by atoms with Gasteiger partial charge in [-0.2, -0.15) is 0 Å². The van der Waals surface area contributed by atoms with Gasteiger partial charge >= 0.3 is 0 Å². The van der Waals surface area contributed by atoms with Crippen LogP contribution in [0.1, 0.15) is 16.4 Å². The maximum absolute atomic E-state index is 12.7. The number of hydrogen-bond donors (Lipinski definition) is 1. The molecular formula is C22H21N5O6. The van der Waals surface area contributed by atoms with Crippen LogP contribution in [0.2, 0.25) is 0 Å². The number of fused-ring (bicyclic) bond motifs is 2. The van der Waals surface area contributed by atoms with Gasteiger partial charge in [-0.15, -0.1) is 5.10 Å². The quantitative estimate of drug-likeness (QED) is 0.611. The van der Waals surface area contributed by atoms with Crippen molar-refractivity contribution in [1.82, 2.24) is 25.5 Å². The van der Waals surface area contributed by atoms with Gasteiger partial charge in [-0.25, -0.2) is 4.68 Å². The number of carbonyl (C=O) groups excluding carboxylic acids is 1. The summed E-state index contributed by atoms with van der Waals surface area (Å²) in [7, 11) is 1.58. The number of carbonyl (C=O) groups is 1. The van der Waals surface area contributed by atoms with Crippen molar-refractivity contribution >= 4 is 5.91 Å². The molecule has 1 N–H and O–H groups in total. The summed E-state index contributed by atoms with van der Waals surface area (Å²) in [5.74, 6) is 2.43. The second-order valence-corrected chi connectivity index (χ2v) is 7.99. The lowest BCUT2D eigenvalue weighted by Crippen LogP contribution is -2.44. The molecule has 3 aliphatic rings. The first kappa shape index (κ1) is 19.9. The number of ether oxygens (including phenoxy) is 5. The fraction of sp³-hybridized carbons (Fsp3) is 0.364. The molecule has 3 aromatic rings. The Bertz CT molecular complexity index is 1180. The molecule has 0 spiro atoms. The van der Waals surface area contributed by atoms with Crippen LogP contribution in [0.3, 0.4) is 0 Å². The summed E-state index contributed by atoms with van der Waals surface area (Å²) < 4.78 is 29.8. The van der Waals surface area contributed by atoms with E-state index >= 15 is 0 Å². The van der Waals surface area contributed by atoms with Crippen molar-refractivity contribution in [2.45, 2.75) is 24.3 Å². The topological polar surface area (TPSA) is 119 Å². The average Bonchev–Trinajstić information content (AvgIpc) is 3.63. The number of nitrogens with one attached hydrogen (secondary N) is 1. The lowest BCUT2D eigenvalue weighted by molar-refractivity contribution is 0.0615. The monoisotopic (exact) mass is 451 g/mol. The van der Waals surface area contributed by atoms with Gasteiger partial charge in [-0.05, 0) is 52.9 Å². The van der Waals surface area contributed by atoms with Crippen molar-refractivity contribution in [3.63, 3.8) is 0 Å².